The molecule has 4 aromatic rings. The summed E-state index contributed by atoms with van der Waals surface area (Å²) in [6.45, 7) is 1.87. The van der Waals surface area contributed by atoms with Gasteiger partial charge < -0.3 is 0 Å². The van der Waals surface area contributed by atoms with E-state index in [0.29, 0.717) is 10.5 Å². The molecule has 108 valence electrons. The minimum Gasteiger partial charge on any atom is -0.273 e. The molecule has 0 atom stereocenters. The predicted molar refractivity (Wildman–Crippen MR) is 86.7 cm³/mol. The summed E-state index contributed by atoms with van der Waals surface area (Å²) >= 11 is 6.14. The van der Waals surface area contributed by atoms with E-state index >= 15 is 0 Å². The van der Waals surface area contributed by atoms with E-state index in [-0.39, 0.29) is 5.56 Å². The molecule has 3 heterocycles. The summed E-state index contributed by atoms with van der Waals surface area (Å²) in [7, 11) is 0. The summed E-state index contributed by atoms with van der Waals surface area (Å²) in [5, 5.41) is 9.07. The number of nitrogens with zero attached hydrogens (tertiary/aromatic N) is 3. The average Bonchev–Trinajstić information content (AvgIpc) is 2.99. The third-order valence-electron chi connectivity index (χ3n) is 3.77. The molecule has 0 aliphatic rings. The van der Waals surface area contributed by atoms with Crippen molar-refractivity contribution in [1.29, 1.82) is 0 Å². The summed E-state index contributed by atoms with van der Waals surface area (Å²) in [4.78, 5) is 17.2. The minimum atomic E-state index is -0.168. The van der Waals surface area contributed by atoms with Crippen LogP contribution in [0.4, 0.5) is 0 Å². The molecule has 0 aliphatic carbocycles. The molecule has 0 unspecified atom stereocenters. The lowest BCUT2D eigenvalue weighted by Crippen LogP contribution is -2.20. The molecule has 0 amide bonds. The fraction of sp³-hybridized carbons (Fsp3) is 0.0625. The molecule has 5 nitrogen and oxygen atoms in total. The van der Waals surface area contributed by atoms with Crippen molar-refractivity contribution in [2.24, 2.45) is 0 Å². The number of aryl methyl sites for hydroxylation is 1. The Balaban J connectivity index is 2.29. The quantitative estimate of drug-likeness (QED) is 0.587. The number of halogens is 1. The third kappa shape index (κ3) is 1.76. The first-order valence-electron chi connectivity index (χ1n) is 6.76. The molecule has 6 heteroatoms. The van der Waals surface area contributed by atoms with Crippen LogP contribution in [-0.4, -0.2) is 19.7 Å². The standard InChI is InChI=1S/C16H11ClN4O/c1-9-13(3-2-6-18-9)21-14-7-10(17)4-5-11(14)12-8-19-20-15(12)16(21)22/h2-8H,1H3,(H,19,20). The van der Waals surface area contributed by atoms with E-state index in [2.05, 4.69) is 15.2 Å². The highest BCUT2D eigenvalue weighted by atomic mass is 35.5. The first-order chi connectivity index (χ1) is 10.7. The Hall–Kier alpha value is -2.66. The van der Waals surface area contributed by atoms with Crippen LogP contribution in [0.2, 0.25) is 5.02 Å². The zero-order valence-corrected chi connectivity index (χ0v) is 12.4. The van der Waals surface area contributed by atoms with E-state index in [1.54, 1.807) is 29.1 Å². The second-order valence-corrected chi connectivity index (χ2v) is 5.51. The van der Waals surface area contributed by atoms with Gasteiger partial charge in [0.2, 0.25) is 0 Å². The molecule has 22 heavy (non-hydrogen) atoms. The fourth-order valence-electron chi connectivity index (χ4n) is 2.74. The Morgan fingerprint density at radius 1 is 1.23 bits per heavy atom. The number of hydrogen-bond donors (Lipinski definition) is 1. The van der Waals surface area contributed by atoms with Crippen LogP contribution in [0.15, 0.2) is 47.5 Å². The Kier molecular flexibility index (Phi) is 2.77. The Morgan fingerprint density at radius 3 is 2.91 bits per heavy atom. The van der Waals surface area contributed by atoms with Crippen LogP contribution < -0.4 is 5.56 Å². The third-order valence-corrected chi connectivity index (χ3v) is 4.00. The highest BCUT2D eigenvalue weighted by Crippen LogP contribution is 2.26. The van der Waals surface area contributed by atoms with Crippen molar-refractivity contribution in [2.75, 3.05) is 0 Å². The Morgan fingerprint density at radius 2 is 2.09 bits per heavy atom. The summed E-state index contributed by atoms with van der Waals surface area (Å²) in [6.07, 6.45) is 3.36. The highest BCUT2D eigenvalue weighted by Gasteiger charge is 2.15. The normalized spacial score (nSPS) is 11.4. The fourth-order valence-corrected chi connectivity index (χ4v) is 2.91. The van der Waals surface area contributed by atoms with Gasteiger partial charge in [0, 0.05) is 22.0 Å². The molecule has 0 saturated heterocycles. The maximum atomic E-state index is 12.9. The van der Waals surface area contributed by atoms with Gasteiger partial charge in [-0.2, -0.15) is 5.10 Å². The number of aromatic nitrogens is 4. The van der Waals surface area contributed by atoms with Gasteiger partial charge in [-0.05, 0) is 31.2 Å². The molecule has 0 spiro atoms. The van der Waals surface area contributed by atoms with E-state index in [9.17, 15) is 4.79 Å². The van der Waals surface area contributed by atoms with E-state index in [4.69, 9.17) is 11.6 Å². The van der Waals surface area contributed by atoms with Gasteiger partial charge in [-0.15, -0.1) is 0 Å². The number of nitrogens with one attached hydrogen (secondary N) is 1. The number of benzene rings is 1. The lowest BCUT2D eigenvalue weighted by molar-refractivity contribution is 0.999. The highest BCUT2D eigenvalue weighted by molar-refractivity contribution is 6.31. The van der Waals surface area contributed by atoms with Crippen molar-refractivity contribution >= 4 is 33.4 Å². The number of aromatic amines is 1. The van der Waals surface area contributed by atoms with Gasteiger partial charge in [0.25, 0.3) is 5.56 Å². The molecule has 1 aromatic carbocycles. The van der Waals surface area contributed by atoms with Crippen LogP contribution in [0.1, 0.15) is 5.69 Å². The number of pyridine rings is 2. The second-order valence-electron chi connectivity index (χ2n) is 5.07. The van der Waals surface area contributed by atoms with Crippen LogP contribution >= 0.6 is 11.6 Å². The number of H-pyrrole nitrogens is 1. The largest absolute Gasteiger partial charge is 0.281 e. The van der Waals surface area contributed by atoms with Crippen LogP contribution in [0.3, 0.4) is 0 Å². The van der Waals surface area contributed by atoms with E-state index in [1.807, 2.05) is 25.1 Å². The van der Waals surface area contributed by atoms with Gasteiger partial charge in [-0.3, -0.25) is 19.4 Å². The summed E-state index contributed by atoms with van der Waals surface area (Å²) in [6, 6.07) is 9.17. The molecule has 0 bridgehead atoms. The minimum absolute atomic E-state index is 0.168. The SMILES string of the molecule is Cc1ncccc1-n1c(=O)c2[nH]ncc2c2ccc(Cl)cc21. The first kappa shape index (κ1) is 13.0. The van der Waals surface area contributed by atoms with Gasteiger partial charge in [0.05, 0.1) is 23.1 Å². The summed E-state index contributed by atoms with van der Waals surface area (Å²) in [5.41, 5.74) is 2.54. The van der Waals surface area contributed by atoms with Gasteiger partial charge in [0.15, 0.2) is 0 Å². The molecular formula is C16H11ClN4O. The summed E-state index contributed by atoms with van der Waals surface area (Å²) in [5.74, 6) is 0. The van der Waals surface area contributed by atoms with E-state index < -0.39 is 0 Å². The molecule has 0 aliphatic heterocycles. The van der Waals surface area contributed by atoms with E-state index in [0.717, 1.165) is 27.7 Å². The van der Waals surface area contributed by atoms with Crippen molar-refractivity contribution in [3.05, 3.63) is 63.8 Å². The molecule has 0 radical (unpaired) electrons. The molecule has 3 aromatic heterocycles. The van der Waals surface area contributed by atoms with Crippen molar-refractivity contribution in [3.8, 4) is 5.69 Å². The second kappa shape index (κ2) is 4.68. The van der Waals surface area contributed by atoms with Crippen LogP contribution in [-0.2, 0) is 0 Å². The maximum absolute atomic E-state index is 12.9. The lowest BCUT2D eigenvalue weighted by Gasteiger charge is -2.13. The zero-order chi connectivity index (χ0) is 15.3. The van der Waals surface area contributed by atoms with Gasteiger partial charge in [-0.25, -0.2) is 0 Å². The lowest BCUT2D eigenvalue weighted by atomic mass is 10.1. The molecule has 1 N–H and O–H groups in total. The average molecular weight is 311 g/mol. The van der Waals surface area contributed by atoms with Crippen molar-refractivity contribution in [1.82, 2.24) is 19.7 Å². The van der Waals surface area contributed by atoms with Crippen LogP contribution in [0.5, 0.6) is 0 Å². The van der Waals surface area contributed by atoms with Crippen molar-refractivity contribution < 1.29 is 0 Å². The maximum Gasteiger partial charge on any atom is 0.281 e. The molecule has 0 fully saturated rings. The Labute approximate surface area is 130 Å². The van der Waals surface area contributed by atoms with Crippen LogP contribution in [0.25, 0.3) is 27.5 Å². The van der Waals surface area contributed by atoms with Gasteiger partial charge in [0.1, 0.15) is 5.52 Å². The topological polar surface area (TPSA) is 63.6 Å². The Bertz CT molecular complexity index is 1080. The smallest absolute Gasteiger partial charge is 0.273 e. The number of fused-ring (bicyclic) bond motifs is 3. The number of hydrogen-bond acceptors (Lipinski definition) is 3. The molecular weight excluding hydrogens is 300 g/mol. The van der Waals surface area contributed by atoms with Gasteiger partial charge in [-0.1, -0.05) is 17.7 Å². The number of rotatable bonds is 1. The van der Waals surface area contributed by atoms with Gasteiger partial charge >= 0.3 is 0 Å². The van der Waals surface area contributed by atoms with Crippen molar-refractivity contribution in [2.45, 2.75) is 6.92 Å². The monoisotopic (exact) mass is 310 g/mol. The van der Waals surface area contributed by atoms with Crippen LogP contribution in [0, 0.1) is 6.92 Å². The zero-order valence-electron chi connectivity index (χ0n) is 11.7. The predicted octanol–water partition coefficient (Wildman–Crippen LogP) is 3.22. The van der Waals surface area contributed by atoms with E-state index in [1.165, 1.54) is 0 Å². The van der Waals surface area contributed by atoms with Crippen molar-refractivity contribution in [3.63, 3.8) is 0 Å². The first-order valence-corrected chi connectivity index (χ1v) is 7.14. The molecule has 4 rings (SSSR count). The molecule has 0 saturated carbocycles. The summed E-state index contributed by atoms with van der Waals surface area (Å²) < 4.78 is 1.63.